The normalized spacial score (nSPS) is 6.67. The Labute approximate surface area is 50.2 Å². The molecule has 0 spiro atoms. The van der Waals surface area contributed by atoms with Crippen LogP contribution >= 0.6 is 0 Å². The molecule has 0 aliphatic carbocycles. The van der Waals surface area contributed by atoms with Crippen molar-refractivity contribution in [2.24, 2.45) is 0 Å². The van der Waals surface area contributed by atoms with E-state index in [0.717, 1.165) is 0 Å². The molecule has 0 saturated heterocycles. The Morgan fingerprint density at radius 3 is 2.67 bits per heavy atom. The van der Waals surface area contributed by atoms with Crippen LogP contribution in [0.5, 0.6) is 0 Å². The first-order valence-electron chi connectivity index (χ1n) is 1.35. The van der Waals surface area contributed by atoms with Gasteiger partial charge in [0.1, 0.15) is 0 Å². The standard InChI is InChI=1S/C3H3N2.W/c1-2-5-3-4-1;/h1-2H,(H,4,5);/q-1;+2. The number of hydrogen-bond acceptors (Lipinski definition) is 1. The third-order valence-corrected chi connectivity index (χ3v) is 0.362. The Morgan fingerprint density at radius 2 is 2.50 bits per heavy atom. The molecule has 0 bridgehead atoms. The van der Waals surface area contributed by atoms with Crippen LogP contribution in [0, 0.1) is 6.33 Å². The van der Waals surface area contributed by atoms with Gasteiger partial charge >= 0.3 is 21.1 Å². The number of nitrogens with one attached hydrogen (secondary N) is 1. The van der Waals surface area contributed by atoms with Crippen molar-refractivity contribution in [3.63, 3.8) is 0 Å². The Balaban J connectivity index is 0.000000250. The average Bonchev–Trinajstić information content (AvgIpc) is 1.76. The molecule has 1 aromatic heterocycles. The zero-order valence-electron chi connectivity index (χ0n) is 3.01. The quantitative estimate of drug-likeness (QED) is 0.656. The van der Waals surface area contributed by atoms with Crippen molar-refractivity contribution in [1.29, 1.82) is 0 Å². The van der Waals surface area contributed by atoms with Gasteiger partial charge in [0.2, 0.25) is 0 Å². The number of aromatic amines is 1. The third kappa shape index (κ3) is 1.36. The van der Waals surface area contributed by atoms with E-state index in [9.17, 15) is 0 Å². The minimum atomic E-state index is 0. The fourth-order valence-electron chi connectivity index (χ4n) is 0.186. The van der Waals surface area contributed by atoms with E-state index in [0.29, 0.717) is 0 Å². The smallest absolute Gasteiger partial charge is 0.467 e. The van der Waals surface area contributed by atoms with Crippen LogP contribution in [-0.4, -0.2) is 9.97 Å². The molecule has 0 saturated carbocycles. The SMILES string of the molecule is [W+2].[c-]1ncc[nH]1. The summed E-state index contributed by atoms with van der Waals surface area (Å²) in [5.74, 6) is 0. The van der Waals surface area contributed by atoms with Gasteiger partial charge in [-0.15, -0.1) is 12.4 Å². The topological polar surface area (TPSA) is 28.7 Å². The first-order valence-corrected chi connectivity index (χ1v) is 1.35. The number of rotatable bonds is 0. The van der Waals surface area contributed by atoms with E-state index in [-0.39, 0.29) is 21.1 Å². The molecular formula is C3H3N2W+. The van der Waals surface area contributed by atoms with Gasteiger partial charge in [-0.2, -0.15) is 0 Å². The molecule has 1 heterocycles. The Bertz CT molecular complexity index is 65.3. The Kier molecular flexibility index (Phi) is 3.05. The number of imidazole rings is 1. The van der Waals surface area contributed by atoms with Crippen LogP contribution in [0.4, 0.5) is 0 Å². The summed E-state index contributed by atoms with van der Waals surface area (Å²) >= 11 is 0. The molecule has 2 nitrogen and oxygen atoms in total. The van der Waals surface area contributed by atoms with Gasteiger partial charge in [-0.1, -0.05) is 0 Å². The second kappa shape index (κ2) is 3.10. The van der Waals surface area contributed by atoms with Gasteiger partial charge in [-0.25, -0.2) is 0 Å². The minimum Gasteiger partial charge on any atom is -0.467 e. The molecule has 0 amide bonds. The maximum atomic E-state index is 3.54. The second-order valence-corrected chi connectivity index (χ2v) is 0.701. The fourth-order valence-corrected chi connectivity index (χ4v) is 0.186. The third-order valence-electron chi connectivity index (χ3n) is 0.362. The van der Waals surface area contributed by atoms with Crippen LogP contribution in [-0.2, 0) is 21.1 Å². The Hall–Kier alpha value is -0.102. The molecular weight excluding hydrogens is 248 g/mol. The van der Waals surface area contributed by atoms with Crippen molar-refractivity contribution < 1.29 is 21.1 Å². The van der Waals surface area contributed by atoms with Crippen molar-refractivity contribution in [2.45, 2.75) is 0 Å². The number of H-pyrrole nitrogens is 1. The van der Waals surface area contributed by atoms with Gasteiger partial charge < -0.3 is 9.97 Å². The van der Waals surface area contributed by atoms with Gasteiger partial charge in [0.25, 0.3) is 0 Å². The maximum Gasteiger partial charge on any atom is 2.00 e. The van der Waals surface area contributed by atoms with E-state index in [1.165, 1.54) is 0 Å². The minimum absolute atomic E-state index is 0. The van der Waals surface area contributed by atoms with Gasteiger partial charge in [-0.05, 0) is 6.33 Å². The van der Waals surface area contributed by atoms with E-state index in [2.05, 4.69) is 16.3 Å². The van der Waals surface area contributed by atoms with E-state index >= 15 is 0 Å². The summed E-state index contributed by atoms with van der Waals surface area (Å²) in [7, 11) is 0. The molecule has 1 aromatic rings. The fraction of sp³-hybridized carbons (Fsp3) is 0. The summed E-state index contributed by atoms with van der Waals surface area (Å²) in [6, 6.07) is 0. The van der Waals surface area contributed by atoms with Crippen molar-refractivity contribution in [3.05, 3.63) is 18.7 Å². The van der Waals surface area contributed by atoms with Crippen molar-refractivity contribution in [1.82, 2.24) is 9.97 Å². The second-order valence-electron chi connectivity index (χ2n) is 0.701. The molecule has 3 heteroatoms. The van der Waals surface area contributed by atoms with E-state index in [4.69, 9.17) is 0 Å². The number of aromatic nitrogens is 2. The summed E-state index contributed by atoms with van der Waals surface area (Å²) in [4.78, 5) is 6.17. The summed E-state index contributed by atoms with van der Waals surface area (Å²) < 4.78 is 0. The molecule has 30 valence electrons. The molecule has 1 N–H and O–H groups in total. The van der Waals surface area contributed by atoms with Gasteiger partial charge in [0.15, 0.2) is 0 Å². The number of hydrogen-bond donors (Lipinski definition) is 1. The molecule has 1 rings (SSSR count). The molecule has 0 radical (unpaired) electrons. The monoisotopic (exact) mass is 251 g/mol. The van der Waals surface area contributed by atoms with Crippen LogP contribution in [0.3, 0.4) is 0 Å². The predicted molar refractivity (Wildman–Crippen MR) is 17.4 cm³/mol. The molecule has 0 fully saturated rings. The molecule has 0 aliphatic heterocycles. The van der Waals surface area contributed by atoms with Crippen LogP contribution in [0.25, 0.3) is 0 Å². The van der Waals surface area contributed by atoms with E-state index in [1.54, 1.807) is 12.4 Å². The molecule has 0 aromatic carbocycles. The van der Waals surface area contributed by atoms with Crippen molar-refractivity contribution in [2.75, 3.05) is 0 Å². The first kappa shape index (κ1) is 5.90. The van der Waals surface area contributed by atoms with Crippen LogP contribution in [0.2, 0.25) is 0 Å². The Morgan fingerprint density at radius 1 is 1.67 bits per heavy atom. The van der Waals surface area contributed by atoms with Gasteiger partial charge in [-0.3, -0.25) is 0 Å². The average molecular weight is 251 g/mol. The van der Waals surface area contributed by atoms with Crippen molar-refractivity contribution in [3.8, 4) is 0 Å². The van der Waals surface area contributed by atoms with Gasteiger partial charge in [0.05, 0.1) is 0 Å². The molecule has 0 atom stereocenters. The molecule has 0 aliphatic rings. The van der Waals surface area contributed by atoms with Crippen LogP contribution in [0.1, 0.15) is 0 Å². The summed E-state index contributed by atoms with van der Waals surface area (Å²) in [6.07, 6.45) is 5.83. The molecule has 6 heavy (non-hydrogen) atoms. The predicted octanol–water partition coefficient (Wildman–Crippen LogP) is 0.207. The summed E-state index contributed by atoms with van der Waals surface area (Å²) in [5.41, 5.74) is 0. The maximum absolute atomic E-state index is 3.54. The van der Waals surface area contributed by atoms with Crippen LogP contribution < -0.4 is 0 Å². The zero-order valence-corrected chi connectivity index (χ0v) is 5.94. The number of nitrogens with zero attached hydrogens (tertiary/aromatic N) is 1. The largest absolute Gasteiger partial charge is 2.00 e. The zero-order chi connectivity index (χ0) is 3.54. The van der Waals surface area contributed by atoms with E-state index in [1.807, 2.05) is 0 Å². The first-order chi connectivity index (χ1) is 2.50. The summed E-state index contributed by atoms with van der Waals surface area (Å²) in [6.45, 7) is 0. The molecule has 0 unspecified atom stereocenters. The van der Waals surface area contributed by atoms with Gasteiger partial charge in [0, 0.05) is 0 Å². The van der Waals surface area contributed by atoms with Crippen molar-refractivity contribution >= 4 is 0 Å². The van der Waals surface area contributed by atoms with Crippen LogP contribution in [0.15, 0.2) is 12.4 Å². The van der Waals surface area contributed by atoms with E-state index < -0.39 is 0 Å². The summed E-state index contributed by atoms with van der Waals surface area (Å²) in [5, 5.41) is 0.